The fourth-order valence-electron chi connectivity index (χ4n) is 10.1. The molecule has 0 saturated heterocycles. The summed E-state index contributed by atoms with van der Waals surface area (Å²) in [5, 5.41) is 0. The van der Waals surface area contributed by atoms with Gasteiger partial charge in [-0.15, -0.1) is 0 Å². The number of rotatable bonds is 8. The van der Waals surface area contributed by atoms with Crippen molar-refractivity contribution in [3.63, 3.8) is 0 Å². The van der Waals surface area contributed by atoms with Crippen molar-refractivity contribution < 1.29 is 0 Å². The van der Waals surface area contributed by atoms with Crippen LogP contribution in [0.25, 0.3) is 11.1 Å². The summed E-state index contributed by atoms with van der Waals surface area (Å²) in [6.45, 7) is 0. The Morgan fingerprint density at radius 1 is 0.537 bits per heavy atom. The summed E-state index contributed by atoms with van der Waals surface area (Å²) in [6.07, 6.45) is 62.8. The zero-order valence-corrected chi connectivity index (χ0v) is 31.9. The third-order valence-corrected chi connectivity index (χ3v) is 13.3. The van der Waals surface area contributed by atoms with Crippen molar-refractivity contribution in [2.75, 3.05) is 0 Å². The lowest BCUT2D eigenvalue weighted by molar-refractivity contribution is 0.404. The van der Waals surface area contributed by atoms with Crippen LogP contribution in [-0.2, 0) is 0 Å². The van der Waals surface area contributed by atoms with Crippen molar-refractivity contribution in [1.82, 2.24) is 15.0 Å². The van der Waals surface area contributed by atoms with E-state index >= 15 is 0 Å². The molecule has 0 aromatic carbocycles. The van der Waals surface area contributed by atoms with Crippen LogP contribution in [0.3, 0.4) is 0 Å². The maximum absolute atomic E-state index is 5.34. The highest BCUT2D eigenvalue weighted by molar-refractivity contribution is 5.73. The Morgan fingerprint density at radius 2 is 1.50 bits per heavy atom. The van der Waals surface area contributed by atoms with Crippen LogP contribution < -0.4 is 0 Å². The van der Waals surface area contributed by atoms with E-state index in [1.807, 2.05) is 0 Å². The van der Waals surface area contributed by atoms with Crippen molar-refractivity contribution in [3.05, 3.63) is 150 Å². The zero-order chi connectivity index (χ0) is 36.1. The highest BCUT2D eigenvalue weighted by Gasteiger charge is 2.33. The molecule has 4 nitrogen and oxygen atoms in total. The van der Waals surface area contributed by atoms with Crippen LogP contribution in [0, 0.1) is 41.4 Å². The smallest absolute Gasteiger partial charge is 0.163 e. The van der Waals surface area contributed by atoms with Crippen molar-refractivity contribution in [2.45, 2.75) is 95.8 Å². The van der Waals surface area contributed by atoms with Crippen LogP contribution in [0.5, 0.6) is 0 Å². The van der Waals surface area contributed by atoms with Gasteiger partial charge in [0.05, 0.1) is 0 Å². The molecule has 0 amide bonds. The van der Waals surface area contributed by atoms with E-state index in [9.17, 15) is 0 Å². The van der Waals surface area contributed by atoms with Crippen LogP contribution in [-0.4, -0.2) is 21.2 Å². The number of nitrogens with zero attached hydrogens (tertiary/aromatic N) is 4. The summed E-state index contributed by atoms with van der Waals surface area (Å²) >= 11 is 0. The molecule has 9 rings (SSSR count). The normalized spacial score (nSPS) is 33.2. The Morgan fingerprint density at radius 3 is 2.28 bits per heavy atom. The van der Waals surface area contributed by atoms with E-state index in [1.165, 1.54) is 48.9 Å². The third-order valence-electron chi connectivity index (χ3n) is 13.3. The second kappa shape index (κ2) is 16.5. The molecule has 0 spiro atoms. The highest BCUT2D eigenvalue weighted by Crippen LogP contribution is 2.44. The van der Waals surface area contributed by atoms with Gasteiger partial charge >= 0.3 is 0 Å². The Kier molecular flexibility index (Phi) is 10.8. The molecule has 1 aromatic heterocycles. The number of allylic oxidation sites excluding steroid dienone is 23. The van der Waals surface area contributed by atoms with Gasteiger partial charge in [-0.1, -0.05) is 115 Å². The lowest BCUT2D eigenvalue weighted by atomic mass is 9.73. The molecule has 1 aliphatic heterocycles. The first-order valence-corrected chi connectivity index (χ1v) is 21.2. The van der Waals surface area contributed by atoms with Gasteiger partial charge in [-0.25, -0.2) is 15.0 Å². The predicted octanol–water partition coefficient (Wildman–Crippen LogP) is 12.3. The molecule has 276 valence electrons. The second-order valence-corrected chi connectivity index (χ2v) is 16.8. The second-order valence-electron chi connectivity index (χ2n) is 16.8. The first kappa shape index (κ1) is 35.3. The van der Waals surface area contributed by atoms with Gasteiger partial charge in [-0.2, -0.15) is 0 Å². The summed E-state index contributed by atoms with van der Waals surface area (Å²) in [6, 6.07) is 0. The summed E-state index contributed by atoms with van der Waals surface area (Å²) in [4.78, 5) is 21.2. The fourth-order valence-corrected chi connectivity index (χ4v) is 10.1. The molecule has 0 fully saturated rings. The highest BCUT2D eigenvalue weighted by atomic mass is 15.0. The molecule has 8 aliphatic rings. The van der Waals surface area contributed by atoms with E-state index in [0.717, 1.165) is 80.8 Å². The van der Waals surface area contributed by atoms with E-state index in [4.69, 9.17) is 19.9 Å². The minimum atomic E-state index is 0.203. The molecule has 2 heterocycles. The molecule has 8 unspecified atom stereocenters. The number of aliphatic imine (C=N–C) groups is 1. The van der Waals surface area contributed by atoms with E-state index in [1.54, 1.807) is 5.57 Å². The lowest BCUT2D eigenvalue weighted by Gasteiger charge is -2.34. The van der Waals surface area contributed by atoms with E-state index in [0.29, 0.717) is 41.4 Å². The molecule has 4 heteroatoms. The molecule has 0 radical (unpaired) electrons. The standard InChI is InChI=1S/C50H56N4/c1-5-14-35(15-6-1)37-24-28-41(29-25-37)48-52-49(42-30-26-38(27-31-42)36-16-7-2-8-17-36)54-50(53-48)44-23-13-22-43(32-44)45-33-46(39-18-9-3-10-19-39)47(51-34-45)40-20-11-4-12-21-40/h1,3,5-7,9,11,13-14,16-17,20,22-24,26,28,30-31,34-35,37-41,43,45H,2,4,8,10,12,15,18-19,21,25,27,29,32-33H2. The number of hydrogen-bond donors (Lipinski definition) is 0. The monoisotopic (exact) mass is 712 g/mol. The van der Waals surface area contributed by atoms with Crippen molar-refractivity contribution >= 4 is 17.4 Å². The van der Waals surface area contributed by atoms with Gasteiger partial charge in [-0.3, -0.25) is 4.99 Å². The van der Waals surface area contributed by atoms with Gasteiger partial charge in [0, 0.05) is 41.2 Å². The van der Waals surface area contributed by atoms with Crippen LogP contribution in [0.15, 0.2) is 137 Å². The molecule has 0 bridgehead atoms. The number of aromatic nitrogens is 3. The molecule has 8 atom stereocenters. The molecule has 7 aliphatic carbocycles. The van der Waals surface area contributed by atoms with Crippen molar-refractivity contribution in [2.24, 2.45) is 46.4 Å². The molecule has 0 saturated carbocycles. The topological polar surface area (TPSA) is 51.0 Å². The molecule has 1 aromatic rings. The summed E-state index contributed by atoms with van der Waals surface area (Å²) in [5.74, 6) is 6.24. The lowest BCUT2D eigenvalue weighted by Crippen LogP contribution is -2.25. The zero-order valence-electron chi connectivity index (χ0n) is 31.9. The predicted molar refractivity (Wildman–Crippen MR) is 224 cm³/mol. The van der Waals surface area contributed by atoms with Gasteiger partial charge < -0.3 is 0 Å². The number of hydrogen-bond acceptors (Lipinski definition) is 4. The summed E-state index contributed by atoms with van der Waals surface area (Å²) in [5.41, 5.74) is 6.80. The van der Waals surface area contributed by atoms with E-state index in [2.05, 4.69) is 122 Å². The average molecular weight is 713 g/mol. The van der Waals surface area contributed by atoms with Crippen molar-refractivity contribution in [1.29, 1.82) is 0 Å². The average Bonchev–Trinajstić information content (AvgIpc) is 3.27. The maximum Gasteiger partial charge on any atom is 0.163 e. The SMILES string of the molecule is C1=CCC(C2C=CC(c3nc(C4=CCC(C5=CCCC=C5)C=C4)nc(C4=CC=CC(C5C=NC(C6C=CCCC6)=C(C6CC=CCC6)C5)C4)n3)CC2)C=C1. The Hall–Kier alpha value is -4.44. The third kappa shape index (κ3) is 7.86. The van der Waals surface area contributed by atoms with E-state index < -0.39 is 0 Å². The molecule has 54 heavy (non-hydrogen) atoms. The van der Waals surface area contributed by atoms with Crippen LogP contribution in [0.2, 0.25) is 0 Å². The fraction of sp³-hybridized carbons (Fsp3) is 0.440. The largest absolute Gasteiger partial charge is 0.265 e. The van der Waals surface area contributed by atoms with Gasteiger partial charge in [-0.05, 0) is 130 Å². The van der Waals surface area contributed by atoms with Gasteiger partial charge in [0.25, 0.3) is 0 Å². The van der Waals surface area contributed by atoms with Gasteiger partial charge in [0.2, 0.25) is 0 Å². The van der Waals surface area contributed by atoms with Gasteiger partial charge in [0.1, 0.15) is 5.82 Å². The first-order valence-electron chi connectivity index (χ1n) is 21.2. The Balaban J connectivity index is 0.980. The minimum Gasteiger partial charge on any atom is -0.265 e. The van der Waals surface area contributed by atoms with Crippen LogP contribution in [0.1, 0.15) is 113 Å². The quantitative estimate of drug-likeness (QED) is 0.252. The molecular weight excluding hydrogens is 657 g/mol. The Bertz CT molecular complexity index is 1980. The Labute approximate surface area is 323 Å². The van der Waals surface area contributed by atoms with Crippen LogP contribution in [0.4, 0.5) is 0 Å². The van der Waals surface area contributed by atoms with Gasteiger partial charge in [0.15, 0.2) is 11.6 Å². The molecular formula is C50H56N4. The summed E-state index contributed by atoms with van der Waals surface area (Å²) in [7, 11) is 0. The van der Waals surface area contributed by atoms with Crippen LogP contribution >= 0.6 is 0 Å². The minimum absolute atomic E-state index is 0.203. The van der Waals surface area contributed by atoms with Crippen molar-refractivity contribution in [3.8, 4) is 0 Å². The molecule has 0 N–H and O–H groups in total. The first-order chi connectivity index (χ1) is 26.7. The summed E-state index contributed by atoms with van der Waals surface area (Å²) < 4.78 is 0. The maximum atomic E-state index is 5.34. The van der Waals surface area contributed by atoms with E-state index in [-0.39, 0.29) is 5.92 Å².